The van der Waals surface area contributed by atoms with Crippen LogP contribution in [0.2, 0.25) is 0 Å². The van der Waals surface area contributed by atoms with Gasteiger partial charge in [-0.1, -0.05) is 0 Å². The summed E-state index contributed by atoms with van der Waals surface area (Å²) in [5, 5.41) is 10.4. The topological polar surface area (TPSA) is 33.1 Å². The second-order valence-corrected chi connectivity index (χ2v) is 5.94. The van der Waals surface area contributed by atoms with Crippen molar-refractivity contribution in [1.29, 1.82) is 0 Å². The maximum Gasteiger partial charge on any atom is 0.391 e. The zero-order valence-electron chi connectivity index (χ0n) is 8.80. The number of hydrogen-bond acceptors (Lipinski definition) is 3. The Bertz CT molecular complexity index is 409. The van der Waals surface area contributed by atoms with Crippen molar-refractivity contribution in [2.24, 2.45) is 5.92 Å². The van der Waals surface area contributed by atoms with Crippen molar-refractivity contribution in [2.45, 2.75) is 37.5 Å². The van der Waals surface area contributed by atoms with Gasteiger partial charge in [-0.2, -0.15) is 13.2 Å². The predicted octanol–water partition coefficient (Wildman–Crippen LogP) is 3.85. The molecule has 0 amide bonds. The first kappa shape index (κ1) is 13.3. The van der Waals surface area contributed by atoms with Crippen LogP contribution in [0.1, 0.15) is 30.6 Å². The standard InChI is InChI=1S/C10H11BrF3NOS/c11-8-7(17-5-15-8)9(16)3-1-2-6(4-9)10(12,13)14/h5-6,16H,1-4H2. The lowest BCUT2D eigenvalue weighted by Crippen LogP contribution is -2.38. The van der Waals surface area contributed by atoms with E-state index in [1.165, 1.54) is 16.8 Å². The summed E-state index contributed by atoms with van der Waals surface area (Å²) >= 11 is 4.36. The third-order valence-corrected chi connectivity index (χ3v) is 5.02. The molecule has 1 aromatic rings. The minimum absolute atomic E-state index is 0.0994. The Kier molecular flexibility index (Phi) is 3.53. The van der Waals surface area contributed by atoms with Gasteiger partial charge >= 0.3 is 6.18 Å². The summed E-state index contributed by atoms with van der Waals surface area (Å²) in [6, 6.07) is 0. The largest absolute Gasteiger partial charge is 0.391 e. The van der Waals surface area contributed by atoms with Gasteiger partial charge in [0, 0.05) is 0 Å². The van der Waals surface area contributed by atoms with E-state index in [0.29, 0.717) is 22.3 Å². The van der Waals surface area contributed by atoms with Crippen LogP contribution in [0.3, 0.4) is 0 Å². The molecule has 17 heavy (non-hydrogen) atoms. The van der Waals surface area contributed by atoms with Gasteiger partial charge < -0.3 is 5.11 Å². The fourth-order valence-corrected chi connectivity index (χ4v) is 3.98. The number of nitrogens with zero attached hydrogens (tertiary/aromatic N) is 1. The van der Waals surface area contributed by atoms with Crippen molar-refractivity contribution in [2.75, 3.05) is 0 Å². The summed E-state index contributed by atoms with van der Waals surface area (Å²) in [6.45, 7) is 0. The molecule has 1 aliphatic carbocycles. The molecule has 0 saturated heterocycles. The molecule has 2 rings (SSSR count). The van der Waals surface area contributed by atoms with Gasteiger partial charge in [0.1, 0.15) is 10.2 Å². The van der Waals surface area contributed by atoms with Gasteiger partial charge in [0.25, 0.3) is 0 Å². The Balaban J connectivity index is 2.24. The molecule has 0 aliphatic heterocycles. The average molecular weight is 330 g/mol. The second-order valence-electron chi connectivity index (χ2n) is 4.34. The highest BCUT2D eigenvalue weighted by atomic mass is 79.9. The first-order chi connectivity index (χ1) is 7.83. The Morgan fingerprint density at radius 1 is 1.53 bits per heavy atom. The molecular weight excluding hydrogens is 319 g/mol. The molecule has 0 bridgehead atoms. The van der Waals surface area contributed by atoms with Gasteiger partial charge in [-0.15, -0.1) is 11.3 Å². The van der Waals surface area contributed by atoms with E-state index < -0.39 is 17.7 Å². The van der Waals surface area contributed by atoms with Crippen LogP contribution in [0.15, 0.2) is 10.1 Å². The molecular formula is C10H11BrF3NOS. The van der Waals surface area contributed by atoms with E-state index in [0.717, 1.165) is 0 Å². The summed E-state index contributed by atoms with van der Waals surface area (Å²) in [7, 11) is 0. The lowest BCUT2D eigenvalue weighted by atomic mass is 9.77. The molecule has 1 saturated carbocycles. The third kappa shape index (κ3) is 2.66. The molecule has 96 valence electrons. The lowest BCUT2D eigenvalue weighted by Gasteiger charge is -2.36. The van der Waals surface area contributed by atoms with Crippen LogP contribution in [-0.4, -0.2) is 16.3 Å². The van der Waals surface area contributed by atoms with Gasteiger partial charge in [0.05, 0.1) is 16.3 Å². The van der Waals surface area contributed by atoms with Crippen LogP contribution in [0.4, 0.5) is 13.2 Å². The van der Waals surface area contributed by atoms with Gasteiger partial charge in [-0.3, -0.25) is 0 Å². The van der Waals surface area contributed by atoms with Gasteiger partial charge in [-0.25, -0.2) is 4.98 Å². The summed E-state index contributed by atoms with van der Waals surface area (Å²) in [5.74, 6) is -1.42. The molecule has 2 atom stereocenters. The van der Waals surface area contributed by atoms with E-state index in [1.807, 2.05) is 0 Å². The van der Waals surface area contributed by atoms with Crippen molar-refractivity contribution >= 4 is 27.3 Å². The maximum absolute atomic E-state index is 12.7. The molecule has 1 aromatic heterocycles. The number of aliphatic hydroxyl groups is 1. The molecule has 0 aromatic carbocycles. The fourth-order valence-electron chi connectivity index (χ4n) is 2.27. The van der Waals surface area contributed by atoms with E-state index in [4.69, 9.17) is 0 Å². The molecule has 1 heterocycles. The third-order valence-electron chi connectivity index (χ3n) is 3.14. The Morgan fingerprint density at radius 2 is 2.24 bits per heavy atom. The zero-order valence-corrected chi connectivity index (χ0v) is 11.2. The minimum Gasteiger partial charge on any atom is -0.384 e. The highest BCUT2D eigenvalue weighted by Gasteiger charge is 2.48. The SMILES string of the molecule is OC1(c2scnc2Br)CCCC(C(F)(F)F)C1. The smallest absolute Gasteiger partial charge is 0.384 e. The molecule has 1 fully saturated rings. The van der Waals surface area contributed by atoms with Crippen LogP contribution in [-0.2, 0) is 5.60 Å². The number of hydrogen-bond donors (Lipinski definition) is 1. The van der Waals surface area contributed by atoms with E-state index in [9.17, 15) is 18.3 Å². The predicted molar refractivity (Wildman–Crippen MR) is 61.7 cm³/mol. The van der Waals surface area contributed by atoms with Gasteiger partial charge in [0.15, 0.2) is 0 Å². The summed E-state index contributed by atoms with van der Waals surface area (Å²) in [6.07, 6.45) is -3.66. The Hall–Kier alpha value is -0.140. The van der Waals surface area contributed by atoms with Crippen molar-refractivity contribution in [3.05, 3.63) is 15.0 Å². The monoisotopic (exact) mass is 329 g/mol. The number of rotatable bonds is 1. The van der Waals surface area contributed by atoms with Crippen molar-refractivity contribution in [1.82, 2.24) is 4.98 Å². The summed E-state index contributed by atoms with van der Waals surface area (Å²) in [4.78, 5) is 4.42. The normalized spacial score (nSPS) is 30.5. The van der Waals surface area contributed by atoms with Crippen molar-refractivity contribution in [3.63, 3.8) is 0 Å². The molecule has 7 heteroatoms. The van der Waals surface area contributed by atoms with Crippen molar-refractivity contribution < 1.29 is 18.3 Å². The maximum atomic E-state index is 12.7. The number of alkyl halides is 3. The first-order valence-electron chi connectivity index (χ1n) is 5.21. The Morgan fingerprint density at radius 3 is 2.76 bits per heavy atom. The van der Waals surface area contributed by atoms with E-state index in [2.05, 4.69) is 20.9 Å². The van der Waals surface area contributed by atoms with E-state index >= 15 is 0 Å². The van der Waals surface area contributed by atoms with Crippen LogP contribution in [0.25, 0.3) is 0 Å². The number of thiazole rings is 1. The molecule has 2 nitrogen and oxygen atoms in total. The lowest BCUT2D eigenvalue weighted by molar-refractivity contribution is -0.201. The van der Waals surface area contributed by atoms with Gasteiger partial charge in [-0.05, 0) is 41.6 Å². The highest BCUT2D eigenvalue weighted by molar-refractivity contribution is 9.10. The van der Waals surface area contributed by atoms with E-state index in [1.54, 1.807) is 0 Å². The van der Waals surface area contributed by atoms with Crippen LogP contribution < -0.4 is 0 Å². The highest BCUT2D eigenvalue weighted by Crippen LogP contribution is 2.48. The second kappa shape index (κ2) is 4.51. The van der Waals surface area contributed by atoms with E-state index in [-0.39, 0.29) is 12.8 Å². The molecule has 1 N–H and O–H groups in total. The van der Waals surface area contributed by atoms with Crippen molar-refractivity contribution in [3.8, 4) is 0 Å². The number of halogens is 4. The minimum atomic E-state index is -4.23. The summed E-state index contributed by atoms with van der Waals surface area (Å²) < 4.78 is 38.5. The molecule has 2 unspecified atom stereocenters. The summed E-state index contributed by atoms with van der Waals surface area (Å²) in [5.41, 5.74) is 0.132. The quantitative estimate of drug-likeness (QED) is 0.849. The first-order valence-corrected chi connectivity index (χ1v) is 6.89. The van der Waals surface area contributed by atoms with Crippen LogP contribution in [0, 0.1) is 5.92 Å². The van der Waals surface area contributed by atoms with Gasteiger partial charge in [0.2, 0.25) is 0 Å². The molecule has 0 radical (unpaired) electrons. The van der Waals surface area contributed by atoms with Crippen LogP contribution >= 0.6 is 27.3 Å². The average Bonchev–Trinajstić information content (AvgIpc) is 2.64. The van der Waals surface area contributed by atoms with Crippen LogP contribution in [0.5, 0.6) is 0 Å². The number of aromatic nitrogens is 1. The molecule has 0 spiro atoms. The molecule has 1 aliphatic rings. The zero-order chi connectivity index (χ0) is 12.7. The Labute approximate surface area is 109 Å². The fraction of sp³-hybridized carbons (Fsp3) is 0.700.